The number of carbonyl (C=O) groups is 1. The Morgan fingerprint density at radius 3 is 2.05 bits per heavy atom. The van der Waals surface area contributed by atoms with Gasteiger partial charge >= 0.3 is 5.97 Å². The van der Waals surface area contributed by atoms with E-state index in [1.165, 1.54) is 39.2 Å². The lowest BCUT2D eigenvalue weighted by Crippen LogP contribution is -2.14. The molecule has 0 amide bonds. The predicted molar refractivity (Wildman–Crippen MR) is 84.5 cm³/mol. The van der Waals surface area contributed by atoms with Crippen molar-refractivity contribution >= 4 is 5.97 Å². The van der Waals surface area contributed by atoms with Crippen LogP contribution in [0.3, 0.4) is 0 Å². The van der Waals surface area contributed by atoms with E-state index in [0.29, 0.717) is 12.3 Å². The zero-order valence-electron chi connectivity index (χ0n) is 14.2. The van der Waals surface area contributed by atoms with Crippen molar-refractivity contribution < 1.29 is 9.53 Å². The van der Waals surface area contributed by atoms with Gasteiger partial charge in [0.15, 0.2) is 0 Å². The Labute approximate surface area is 125 Å². The first-order chi connectivity index (χ1) is 9.43. The van der Waals surface area contributed by atoms with Crippen LogP contribution in [-0.2, 0) is 9.53 Å². The highest BCUT2D eigenvalue weighted by Gasteiger charge is 2.31. The Balaban J connectivity index is 2.29. The van der Waals surface area contributed by atoms with Crippen molar-refractivity contribution in [3.05, 3.63) is 0 Å². The summed E-state index contributed by atoms with van der Waals surface area (Å²) >= 11 is 0. The molecule has 118 valence electrons. The van der Waals surface area contributed by atoms with Crippen LogP contribution < -0.4 is 0 Å². The van der Waals surface area contributed by atoms with Gasteiger partial charge in [-0.1, -0.05) is 40.5 Å². The van der Waals surface area contributed by atoms with Crippen LogP contribution in [0.1, 0.15) is 72.6 Å². The summed E-state index contributed by atoms with van der Waals surface area (Å²) in [5.41, 5.74) is 0. The van der Waals surface area contributed by atoms with Crippen LogP contribution in [0.15, 0.2) is 0 Å². The third-order valence-corrected chi connectivity index (χ3v) is 5.35. The Bertz CT molecular complexity index is 285. The zero-order chi connectivity index (χ0) is 15.1. The predicted octanol–water partition coefficient (Wildman–Crippen LogP) is 5.06. The van der Waals surface area contributed by atoms with E-state index >= 15 is 0 Å². The molecule has 0 aromatic carbocycles. The molecule has 2 nitrogen and oxygen atoms in total. The number of methoxy groups -OCH3 is 1. The fourth-order valence-corrected chi connectivity index (χ4v) is 3.60. The highest BCUT2D eigenvalue weighted by Crippen LogP contribution is 2.42. The molecule has 0 spiro atoms. The summed E-state index contributed by atoms with van der Waals surface area (Å²) in [5, 5.41) is 0. The summed E-state index contributed by atoms with van der Waals surface area (Å²) in [6.45, 7) is 9.39. The number of carbonyl (C=O) groups excluding carboxylic acids is 1. The monoisotopic (exact) mass is 282 g/mol. The van der Waals surface area contributed by atoms with Gasteiger partial charge in [0.2, 0.25) is 0 Å². The summed E-state index contributed by atoms with van der Waals surface area (Å²) in [6, 6.07) is 0. The largest absolute Gasteiger partial charge is 0.469 e. The summed E-state index contributed by atoms with van der Waals surface area (Å²) in [7, 11) is 1.48. The maximum atomic E-state index is 11.2. The standard InChI is InChI=1S/C18H34O2/c1-13(2)6-7-14(3)16-9-10-17(12-16)15(4)8-11-18(19)20-5/h13-17H,6-12H2,1-5H3/t14-,15+,16+,17-/m0/s1. The molecule has 2 heteroatoms. The minimum atomic E-state index is -0.0586. The molecule has 0 saturated heterocycles. The van der Waals surface area contributed by atoms with Crippen molar-refractivity contribution in [2.24, 2.45) is 29.6 Å². The first-order valence-corrected chi connectivity index (χ1v) is 8.50. The van der Waals surface area contributed by atoms with E-state index in [4.69, 9.17) is 4.74 Å². The van der Waals surface area contributed by atoms with Crippen LogP contribution in [0.25, 0.3) is 0 Å². The summed E-state index contributed by atoms with van der Waals surface area (Å²) < 4.78 is 4.74. The molecule has 0 unspecified atom stereocenters. The molecule has 0 heterocycles. The van der Waals surface area contributed by atoms with Crippen LogP contribution in [0, 0.1) is 29.6 Å². The Morgan fingerprint density at radius 1 is 1.00 bits per heavy atom. The third-order valence-electron chi connectivity index (χ3n) is 5.35. The highest BCUT2D eigenvalue weighted by atomic mass is 16.5. The maximum Gasteiger partial charge on any atom is 0.305 e. The van der Waals surface area contributed by atoms with E-state index in [2.05, 4.69) is 27.7 Å². The average molecular weight is 282 g/mol. The summed E-state index contributed by atoms with van der Waals surface area (Å²) in [6.07, 6.45) is 8.45. The van der Waals surface area contributed by atoms with Crippen LogP contribution in [-0.4, -0.2) is 13.1 Å². The average Bonchev–Trinajstić information content (AvgIpc) is 2.91. The van der Waals surface area contributed by atoms with E-state index < -0.39 is 0 Å². The van der Waals surface area contributed by atoms with E-state index in [9.17, 15) is 4.79 Å². The molecule has 4 atom stereocenters. The van der Waals surface area contributed by atoms with Gasteiger partial charge in [-0.15, -0.1) is 0 Å². The number of hydrogen-bond donors (Lipinski definition) is 0. The first-order valence-electron chi connectivity index (χ1n) is 8.50. The maximum absolute atomic E-state index is 11.2. The van der Waals surface area contributed by atoms with Crippen LogP contribution in [0.2, 0.25) is 0 Å². The normalized spacial score (nSPS) is 25.7. The Morgan fingerprint density at radius 2 is 1.55 bits per heavy atom. The molecule has 0 aromatic heterocycles. The molecule has 0 aliphatic heterocycles. The number of esters is 1. The van der Waals surface area contributed by atoms with Gasteiger partial charge in [-0.2, -0.15) is 0 Å². The molecule has 20 heavy (non-hydrogen) atoms. The number of hydrogen-bond acceptors (Lipinski definition) is 2. The summed E-state index contributed by atoms with van der Waals surface area (Å²) in [4.78, 5) is 11.2. The van der Waals surface area contributed by atoms with Gasteiger partial charge < -0.3 is 4.74 Å². The van der Waals surface area contributed by atoms with E-state index in [-0.39, 0.29) is 5.97 Å². The van der Waals surface area contributed by atoms with Gasteiger partial charge in [-0.25, -0.2) is 0 Å². The molecule has 1 fully saturated rings. The second-order valence-electron chi connectivity index (χ2n) is 7.37. The van der Waals surface area contributed by atoms with Crippen LogP contribution in [0.4, 0.5) is 0 Å². The molecule has 1 aliphatic rings. The molecular weight excluding hydrogens is 248 g/mol. The van der Waals surface area contributed by atoms with E-state index in [1.807, 2.05) is 0 Å². The number of ether oxygens (including phenoxy) is 1. The molecule has 1 saturated carbocycles. The fourth-order valence-electron chi connectivity index (χ4n) is 3.60. The van der Waals surface area contributed by atoms with Crippen molar-refractivity contribution in [3.8, 4) is 0 Å². The van der Waals surface area contributed by atoms with Crippen molar-refractivity contribution in [1.82, 2.24) is 0 Å². The van der Waals surface area contributed by atoms with Gasteiger partial charge in [-0.3, -0.25) is 4.79 Å². The second-order valence-corrected chi connectivity index (χ2v) is 7.37. The molecule has 0 bridgehead atoms. The molecule has 0 N–H and O–H groups in total. The SMILES string of the molecule is COC(=O)CC[C@@H](C)[C@H]1CC[C@@H]([C@@H](C)CCC(C)C)C1. The number of rotatable bonds is 8. The molecule has 1 rings (SSSR count). The van der Waals surface area contributed by atoms with Crippen LogP contribution >= 0.6 is 0 Å². The van der Waals surface area contributed by atoms with Gasteiger partial charge in [0.1, 0.15) is 0 Å². The smallest absolute Gasteiger partial charge is 0.305 e. The van der Waals surface area contributed by atoms with Crippen LogP contribution in [0.5, 0.6) is 0 Å². The van der Waals surface area contributed by atoms with E-state index in [0.717, 1.165) is 30.1 Å². The van der Waals surface area contributed by atoms with E-state index in [1.54, 1.807) is 0 Å². The Kier molecular flexibility index (Phi) is 7.61. The van der Waals surface area contributed by atoms with Gasteiger partial charge in [0.25, 0.3) is 0 Å². The Hall–Kier alpha value is -0.530. The fraction of sp³-hybridized carbons (Fsp3) is 0.944. The molecule has 0 aromatic rings. The zero-order valence-corrected chi connectivity index (χ0v) is 14.2. The van der Waals surface area contributed by atoms with Crippen molar-refractivity contribution in [2.75, 3.05) is 7.11 Å². The quantitative estimate of drug-likeness (QED) is 0.581. The summed E-state index contributed by atoms with van der Waals surface area (Å²) in [5.74, 6) is 4.04. The highest BCUT2D eigenvalue weighted by molar-refractivity contribution is 5.69. The second kappa shape index (κ2) is 8.69. The van der Waals surface area contributed by atoms with Crippen molar-refractivity contribution in [1.29, 1.82) is 0 Å². The van der Waals surface area contributed by atoms with Gasteiger partial charge in [0, 0.05) is 6.42 Å². The van der Waals surface area contributed by atoms with Gasteiger partial charge in [0.05, 0.1) is 7.11 Å². The third kappa shape index (κ3) is 5.85. The topological polar surface area (TPSA) is 26.3 Å². The van der Waals surface area contributed by atoms with Crippen molar-refractivity contribution in [2.45, 2.75) is 72.6 Å². The lowest BCUT2D eigenvalue weighted by molar-refractivity contribution is -0.141. The first kappa shape index (κ1) is 17.5. The molecule has 0 radical (unpaired) electrons. The molecular formula is C18H34O2. The lowest BCUT2D eigenvalue weighted by Gasteiger charge is -2.22. The van der Waals surface area contributed by atoms with Gasteiger partial charge in [-0.05, 0) is 55.3 Å². The minimum Gasteiger partial charge on any atom is -0.469 e. The van der Waals surface area contributed by atoms with Crippen molar-refractivity contribution in [3.63, 3.8) is 0 Å². The minimum absolute atomic E-state index is 0.0586. The molecule has 1 aliphatic carbocycles. The lowest BCUT2D eigenvalue weighted by atomic mass is 9.83.